The van der Waals surface area contributed by atoms with Crippen molar-refractivity contribution in [1.29, 1.82) is 0 Å². The molecular formula is C14H20. The highest BCUT2D eigenvalue weighted by atomic mass is 14.0. The second kappa shape index (κ2) is 5.64. The van der Waals surface area contributed by atoms with Crippen molar-refractivity contribution in [3.05, 3.63) is 48.0 Å². The molecule has 0 bridgehead atoms. The van der Waals surface area contributed by atoms with Crippen molar-refractivity contribution in [3.8, 4) is 0 Å². The van der Waals surface area contributed by atoms with Gasteiger partial charge in [-0.3, -0.25) is 0 Å². The zero-order valence-electron chi connectivity index (χ0n) is 9.40. The molecule has 0 nitrogen and oxygen atoms in total. The van der Waals surface area contributed by atoms with Crippen molar-refractivity contribution >= 4 is 0 Å². The van der Waals surface area contributed by atoms with Crippen molar-refractivity contribution < 1.29 is 0 Å². The summed E-state index contributed by atoms with van der Waals surface area (Å²) < 4.78 is 0. The van der Waals surface area contributed by atoms with Gasteiger partial charge in [-0.05, 0) is 23.8 Å². The third-order valence-corrected chi connectivity index (χ3v) is 2.36. The predicted octanol–water partition coefficient (Wildman–Crippen LogP) is 4.39. The quantitative estimate of drug-likeness (QED) is 0.615. The summed E-state index contributed by atoms with van der Waals surface area (Å²) in [4.78, 5) is 0. The standard InChI is InChI=1S/C14H20/c1-12(2)8-7-9-13(3)14-10-5-4-6-11-14/h4-7,9-13H,8H2,1-3H3/b9-7+. The minimum absolute atomic E-state index is 0.537. The van der Waals surface area contributed by atoms with Crippen LogP contribution in [0, 0.1) is 5.92 Å². The van der Waals surface area contributed by atoms with Crippen LogP contribution in [0.25, 0.3) is 0 Å². The lowest BCUT2D eigenvalue weighted by atomic mass is 9.99. The van der Waals surface area contributed by atoms with Crippen LogP contribution in [0.15, 0.2) is 42.5 Å². The third kappa shape index (κ3) is 3.78. The van der Waals surface area contributed by atoms with Crippen molar-refractivity contribution in [1.82, 2.24) is 0 Å². The molecule has 0 aromatic heterocycles. The van der Waals surface area contributed by atoms with Crippen LogP contribution >= 0.6 is 0 Å². The Morgan fingerprint density at radius 3 is 2.29 bits per heavy atom. The molecule has 1 aromatic rings. The van der Waals surface area contributed by atoms with E-state index < -0.39 is 0 Å². The summed E-state index contributed by atoms with van der Waals surface area (Å²) in [5.74, 6) is 1.30. The molecule has 0 amide bonds. The summed E-state index contributed by atoms with van der Waals surface area (Å²) in [6.07, 6.45) is 5.77. The highest BCUT2D eigenvalue weighted by molar-refractivity contribution is 5.22. The minimum atomic E-state index is 0.537. The molecule has 1 unspecified atom stereocenters. The fourth-order valence-electron chi connectivity index (χ4n) is 1.42. The zero-order chi connectivity index (χ0) is 10.4. The van der Waals surface area contributed by atoms with Gasteiger partial charge in [-0.2, -0.15) is 0 Å². The van der Waals surface area contributed by atoms with Crippen LogP contribution in [0.4, 0.5) is 0 Å². The molecule has 0 N–H and O–H groups in total. The molecule has 1 atom stereocenters. The number of allylic oxidation sites excluding steroid dienone is 2. The van der Waals surface area contributed by atoms with Crippen LogP contribution in [0.1, 0.15) is 38.7 Å². The van der Waals surface area contributed by atoms with E-state index in [4.69, 9.17) is 0 Å². The van der Waals surface area contributed by atoms with E-state index in [9.17, 15) is 0 Å². The highest BCUT2D eigenvalue weighted by Gasteiger charge is 1.98. The second-order valence-corrected chi connectivity index (χ2v) is 4.26. The molecule has 1 aromatic carbocycles. The van der Waals surface area contributed by atoms with E-state index in [0.29, 0.717) is 5.92 Å². The molecule has 0 aliphatic carbocycles. The lowest BCUT2D eigenvalue weighted by Crippen LogP contribution is -1.89. The van der Waals surface area contributed by atoms with Crippen molar-refractivity contribution in [2.75, 3.05) is 0 Å². The first-order valence-corrected chi connectivity index (χ1v) is 5.41. The first-order chi connectivity index (χ1) is 6.70. The molecule has 0 radical (unpaired) electrons. The molecule has 0 spiro atoms. The van der Waals surface area contributed by atoms with E-state index >= 15 is 0 Å². The Hall–Kier alpha value is -1.04. The molecule has 0 heterocycles. The molecule has 0 saturated carbocycles. The third-order valence-electron chi connectivity index (χ3n) is 2.36. The van der Waals surface area contributed by atoms with Crippen molar-refractivity contribution in [3.63, 3.8) is 0 Å². The SMILES string of the molecule is CC(C)C/C=C/C(C)c1ccccc1. The van der Waals surface area contributed by atoms with Gasteiger partial charge in [-0.25, -0.2) is 0 Å². The molecule has 0 aliphatic heterocycles. The summed E-state index contributed by atoms with van der Waals surface area (Å²) in [5, 5.41) is 0. The molecule has 0 aliphatic rings. The normalized spacial score (nSPS) is 13.7. The minimum Gasteiger partial charge on any atom is -0.0877 e. The Labute approximate surface area is 87.7 Å². The van der Waals surface area contributed by atoms with E-state index in [-0.39, 0.29) is 0 Å². The fraction of sp³-hybridized carbons (Fsp3) is 0.429. The van der Waals surface area contributed by atoms with Crippen LogP contribution in [-0.4, -0.2) is 0 Å². The first-order valence-electron chi connectivity index (χ1n) is 5.41. The van der Waals surface area contributed by atoms with E-state index in [1.807, 2.05) is 0 Å². The lowest BCUT2D eigenvalue weighted by molar-refractivity contribution is 0.661. The van der Waals surface area contributed by atoms with E-state index in [0.717, 1.165) is 5.92 Å². The second-order valence-electron chi connectivity index (χ2n) is 4.26. The van der Waals surface area contributed by atoms with Gasteiger partial charge in [0, 0.05) is 0 Å². The van der Waals surface area contributed by atoms with Crippen LogP contribution in [0.3, 0.4) is 0 Å². The molecule has 76 valence electrons. The Balaban J connectivity index is 2.50. The highest BCUT2D eigenvalue weighted by Crippen LogP contribution is 2.16. The summed E-state index contributed by atoms with van der Waals surface area (Å²) in [5.41, 5.74) is 1.40. The van der Waals surface area contributed by atoms with Gasteiger partial charge < -0.3 is 0 Å². The summed E-state index contributed by atoms with van der Waals surface area (Å²) in [6.45, 7) is 6.74. The van der Waals surface area contributed by atoms with Gasteiger partial charge in [-0.1, -0.05) is 63.3 Å². The lowest BCUT2D eigenvalue weighted by Gasteiger charge is -2.06. The maximum absolute atomic E-state index is 2.30. The molecular weight excluding hydrogens is 168 g/mol. The van der Waals surface area contributed by atoms with Gasteiger partial charge in [0.15, 0.2) is 0 Å². The number of hydrogen-bond donors (Lipinski definition) is 0. The van der Waals surface area contributed by atoms with Crippen LogP contribution in [-0.2, 0) is 0 Å². The summed E-state index contributed by atoms with van der Waals surface area (Å²) in [6, 6.07) is 10.6. The Bertz CT molecular complexity index is 269. The molecule has 0 heteroatoms. The summed E-state index contributed by atoms with van der Waals surface area (Å²) in [7, 11) is 0. The monoisotopic (exact) mass is 188 g/mol. The smallest absolute Gasteiger partial charge is 0.00104 e. The van der Waals surface area contributed by atoms with Gasteiger partial charge in [0.1, 0.15) is 0 Å². The van der Waals surface area contributed by atoms with Crippen LogP contribution in [0.5, 0.6) is 0 Å². The maximum Gasteiger partial charge on any atom is -0.00104 e. The maximum atomic E-state index is 2.30. The molecule has 14 heavy (non-hydrogen) atoms. The molecule has 1 rings (SSSR count). The molecule has 0 saturated heterocycles. The predicted molar refractivity (Wildman–Crippen MR) is 63.5 cm³/mol. The Morgan fingerprint density at radius 1 is 1.07 bits per heavy atom. The fourth-order valence-corrected chi connectivity index (χ4v) is 1.42. The Kier molecular flexibility index (Phi) is 4.45. The van der Waals surface area contributed by atoms with Gasteiger partial charge >= 0.3 is 0 Å². The van der Waals surface area contributed by atoms with Crippen LogP contribution < -0.4 is 0 Å². The number of hydrogen-bond acceptors (Lipinski definition) is 0. The average molecular weight is 188 g/mol. The van der Waals surface area contributed by atoms with E-state index in [2.05, 4.69) is 63.3 Å². The number of benzene rings is 1. The van der Waals surface area contributed by atoms with Crippen molar-refractivity contribution in [2.24, 2.45) is 5.92 Å². The Morgan fingerprint density at radius 2 is 1.71 bits per heavy atom. The van der Waals surface area contributed by atoms with Gasteiger partial charge in [-0.15, -0.1) is 0 Å². The van der Waals surface area contributed by atoms with E-state index in [1.165, 1.54) is 12.0 Å². The van der Waals surface area contributed by atoms with Gasteiger partial charge in [0.05, 0.1) is 0 Å². The first kappa shape index (κ1) is 11.0. The van der Waals surface area contributed by atoms with Gasteiger partial charge in [0.2, 0.25) is 0 Å². The summed E-state index contributed by atoms with van der Waals surface area (Å²) >= 11 is 0. The topological polar surface area (TPSA) is 0 Å². The van der Waals surface area contributed by atoms with E-state index in [1.54, 1.807) is 0 Å². The van der Waals surface area contributed by atoms with Crippen molar-refractivity contribution in [2.45, 2.75) is 33.1 Å². The molecule has 0 fully saturated rings. The number of rotatable bonds is 4. The van der Waals surface area contributed by atoms with Crippen LogP contribution in [0.2, 0.25) is 0 Å². The largest absolute Gasteiger partial charge is 0.0877 e. The van der Waals surface area contributed by atoms with Gasteiger partial charge in [0.25, 0.3) is 0 Å². The zero-order valence-corrected chi connectivity index (χ0v) is 9.40. The average Bonchev–Trinajstić information content (AvgIpc) is 2.18.